The van der Waals surface area contributed by atoms with Gasteiger partial charge in [-0.25, -0.2) is 15.0 Å². The van der Waals surface area contributed by atoms with Gasteiger partial charge in [-0.1, -0.05) is 178 Å². The second-order valence-corrected chi connectivity index (χ2v) is 17.0. The topological polar surface area (TPSA) is 60.8 Å². The third kappa shape index (κ3) is 6.24. The molecule has 0 N–H and O–H groups in total. The number of hydrogen-bond donors (Lipinski definition) is 0. The van der Waals surface area contributed by atoms with E-state index in [1.54, 1.807) is 6.20 Å². The molecule has 5 heteroatoms. The van der Waals surface area contributed by atoms with Gasteiger partial charge in [0.2, 0.25) is 0 Å². The second kappa shape index (κ2) is 15.0. The normalized spacial score (nSPS) is 12.8. The van der Waals surface area contributed by atoms with Crippen LogP contribution >= 0.6 is 0 Å². The van der Waals surface area contributed by atoms with E-state index in [0.717, 1.165) is 83.8 Å². The highest BCUT2D eigenvalue weighted by molar-refractivity contribution is 6.00. The Morgan fingerprint density at radius 1 is 0.328 bits per heavy atom. The molecule has 12 rings (SSSR count). The molecule has 0 amide bonds. The van der Waals surface area contributed by atoms with Crippen LogP contribution in [0.25, 0.3) is 101 Å². The van der Waals surface area contributed by atoms with Gasteiger partial charge < -0.3 is 4.74 Å². The Bertz CT molecular complexity index is 3430. The van der Waals surface area contributed by atoms with Gasteiger partial charge in [0.1, 0.15) is 11.5 Å². The van der Waals surface area contributed by atoms with Crippen molar-refractivity contribution >= 4 is 0 Å². The number of ether oxygens (including phenoxy) is 1. The molecule has 5 nitrogen and oxygen atoms in total. The quantitative estimate of drug-likeness (QED) is 0.177. The first kappa shape index (κ1) is 37.5. The Balaban J connectivity index is 1.13. The maximum absolute atomic E-state index is 7.30. The highest BCUT2D eigenvalue weighted by atomic mass is 16.5. The van der Waals surface area contributed by atoms with Crippen molar-refractivity contribution in [3.63, 3.8) is 0 Å². The lowest BCUT2D eigenvalue weighted by atomic mass is 9.81. The van der Waals surface area contributed by atoms with Crippen molar-refractivity contribution in [2.45, 2.75) is 19.3 Å². The summed E-state index contributed by atoms with van der Waals surface area (Å²) in [5.41, 5.74) is 18.2. The van der Waals surface area contributed by atoms with Gasteiger partial charge >= 0.3 is 0 Å². The molecule has 1 aliphatic carbocycles. The van der Waals surface area contributed by atoms with Crippen LogP contribution in [0.5, 0.6) is 11.5 Å². The van der Waals surface area contributed by atoms with Crippen molar-refractivity contribution in [3.05, 3.63) is 218 Å². The van der Waals surface area contributed by atoms with Gasteiger partial charge in [0.15, 0.2) is 17.5 Å². The van der Waals surface area contributed by atoms with Gasteiger partial charge in [0.05, 0.1) is 0 Å². The van der Waals surface area contributed by atoms with Crippen LogP contribution in [0.4, 0.5) is 0 Å². The summed E-state index contributed by atoms with van der Waals surface area (Å²) in [6, 6.07) is 68.4. The fourth-order valence-corrected chi connectivity index (χ4v) is 9.66. The molecule has 302 valence electrons. The van der Waals surface area contributed by atoms with Crippen molar-refractivity contribution in [1.29, 1.82) is 0 Å². The van der Waals surface area contributed by atoms with Crippen molar-refractivity contribution in [2.75, 3.05) is 0 Å². The van der Waals surface area contributed by atoms with Crippen molar-refractivity contribution in [3.8, 4) is 112 Å². The zero-order valence-corrected chi connectivity index (χ0v) is 35.3. The van der Waals surface area contributed by atoms with E-state index < -0.39 is 0 Å². The zero-order chi connectivity index (χ0) is 42.8. The van der Waals surface area contributed by atoms with Crippen molar-refractivity contribution < 1.29 is 4.74 Å². The summed E-state index contributed by atoms with van der Waals surface area (Å²) in [4.78, 5) is 19.9. The summed E-state index contributed by atoms with van der Waals surface area (Å²) >= 11 is 0. The van der Waals surface area contributed by atoms with E-state index in [1.165, 1.54) is 22.3 Å². The molecule has 0 unspecified atom stereocenters. The lowest BCUT2D eigenvalue weighted by molar-refractivity contribution is 0.484. The van der Waals surface area contributed by atoms with Crippen molar-refractivity contribution in [2.24, 2.45) is 0 Å². The highest BCUT2D eigenvalue weighted by Crippen LogP contribution is 2.55. The number of fused-ring (bicyclic) bond motifs is 12. The monoisotopic (exact) mass is 820 g/mol. The molecule has 64 heavy (non-hydrogen) atoms. The Labute approximate surface area is 372 Å². The first-order chi connectivity index (χ1) is 31.5. The molecule has 0 saturated heterocycles. The van der Waals surface area contributed by atoms with Gasteiger partial charge in [-0.2, -0.15) is 0 Å². The molecule has 0 radical (unpaired) electrons. The maximum atomic E-state index is 7.30. The molecule has 0 saturated carbocycles. The molecule has 0 spiro atoms. The molecular formula is C59H40N4O. The number of hydrogen-bond acceptors (Lipinski definition) is 5. The average molecular weight is 821 g/mol. The average Bonchev–Trinajstić information content (AvgIpc) is 3.58. The maximum Gasteiger partial charge on any atom is 0.164 e. The van der Waals surface area contributed by atoms with E-state index in [-0.39, 0.29) is 5.41 Å². The molecule has 3 heterocycles. The Morgan fingerprint density at radius 3 is 1.52 bits per heavy atom. The van der Waals surface area contributed by atoms with E-state index in [0.29, 0.717) is 17.5 Å². The van der Waals surface area contributed by atoms with Gasteiger partial charge in [-0.15, -0.1) is 0 Å². The summed E-state index contributed by atoms with van der Waals surface area (Å²) in [6.45, 7) is 4.63. The van der Waals surface area contributed by atoms with Crippen LogP contribution in [-0.4, -0.2) is 19.9 Å². The number of aromatic nitrogens is 4. The molecule has 2 aliphatic rings. The molecule has 10 aromatic rings. The molecule has 2 aromatic heterocycles. The summed E-state index contributed by atoms with van der Waals surface area (Å²) < 4.78 is 7.30. The zero-order valence-electron chi connectivity index (χ0n) is 35.3. The van der Waals surface area contributed by atoms with Crippen LogP contribution in [0.1, 0.15) is 25.0 Å². The number of nitrogens with zero attached hydrogens (tertiary/aromatic N) is 4. The smallest absolute Gasteiger partial charge is 0.164 e. The van der Waals surface area contributed by atoms with E-state index >= 15 is 0 Å². The molecular weight excluding hydrogens is 781 g/mol. The Kier molecular flexibility index (Phi) is 8.76. The summed E-state index contributed by atoms with van der Waals surface area (Å²) in [6.07, 6.45) is 3.67. The molecule has 0 bridgehead atoms. The largest absolute Gasteiger partial charge is 0.456 e. The van der Waals surface area contributed by atoms with Crippen LogP contribution in [-0.2, 0) is 5.41 Å². The minimum atomic E-state index is -0.231. The lowest BCUT2D eigenvalue weighted by Crippen LogP contribution is -2.15. The standard InChI is InChI=1S/C59H40N4O/c1-59(2)52-24-12-10-22-47(52)50-34-51-49-33-40(58-62-56(38-15-4-3-5-16-38)61-57(63-58)39-28-26-37(27-29-39)41-17-14-32-60-36-41)30-31-46(49)44-20-7-6-18-42(44)43-19-8-9-21-45(43)48-23-11-13-25-54(48)64-55(51)35-53(50)59/h3-36H,1-2H3. The van der Waals surface area contributed by atoms with E-state index in [9.17, 15) is 0 Å². The fourth-order valence-electron chi connectivity index (χ4n) is 9.66. The Hall–Kier alpha value is -8.28. The first-order valence-corrected chi connectivity index (χ1v) is 21.7. The van der Waals surface area contributed by atoms with E-state index in [1.807, 2.05) is 42.6 Å². The van der Waals surface area contributed by atoms with Crippen LogP contribution in [0, 0.1) is 0 Å². The fraction of sp³-hybridized carbons (Fsp3) is 0.0508. The SMILES string of the molecule is CC1(C)c2ccccc2-c2cc3c(cc21)Oc1ccccc1-c1ccccc1-c1ccccc1-c1ccc(-c2nc(-c4ccccc4)nc(-c4ccc(-c5cccnc5)cc4)n2)cc1-3. The number of para-hydroxylation sites is 1. The lowest BCUT2D eigenvalue weighted by Gasteiger charge is -2.24. The van der Waals surface area contributed by atoms with Gasteiger partial charge in [0, 0.05) is 45.6 Å². The highest BCUT2D eigenvalue weighted by Gasteiger charge is 2.37. The van der Waals surface area contributed by atoms with Gasteiger partial charge in [-0.3, -0.25) is 4.98 Å². The predicted molar refractivity (Wildman–Crippen MR) is 259 cm³/mol. The number of benzene rings is 8. The predicted octanol–water partition coefficient (Wildman–Crippen LogP) is 15.0. The number of rotatable bonds is 4. The summed E-state index contributed by atoms with van der Waals surface area (Å²) in [5, 5.41) is 0. The van der Waals surface area contributed by atoms with Gasteiger partial charge in [-0.05, 0) is 97.1 Å². The Morgan fingerprint density at radius 2 is 0.844 bits per heavy atom. The number of pyridine rings is 1. The summed E-state index contributed by atoms with van der Waals surface area (Å²) in [7, 11) is 0. The van der Waals surface area contributed by atoms with E-state index in [2.05, 4.69) is 177 Å². The van der Waals surface area contributed by atoms with Crippen molar-refractivity contribution in [1.82, 2.24) is 19.9 Å². The van der Waals surface area contributed by atoms with Gasteiger partial charge in [0.25, 0.3) is 0 Å². The third-order valence-electron chi connectivity index (χ3n) is 12.9. The van der Waals surface area contributed by atoms with Crippen LogP contribution in [0.2, 0.25) is 0 Å². The molecule has 8 aromatic carbocycles. The molecule has 0 atom stereocenters. The summed E-state index contributed by atoms with van der Waals surface area (Å²) in [5.74, 6) is 3.36. The second-order valence-electron chi connectivity index (χ2n) is 17.0. The minimum Gasteiger partial charge on any atom is -0.456 e. The minimum absolute atomic E-state index is 0.231. The first-order valence-electron chi connectivity index (χ1n) is 21.7. The van der Waals surface area contributed by atoms with Crippen LogP contribution in [0.15, 0.2) is 207 Å². The third-order valence-corrected chi connectivity index (χ3v) is 12.9. The molecule has 0 fully saturated rings. The van der Waals surface area contributed by atoms with Crippen LogP contribution < -0.4 is 4.74 Å². The van der Waals surface area contributed by atoms with E-state index in [4.69, 9.17) is 19.7 Å². The van der Waals surface area contributed by atoms with Crippen LogP contribution in [0.3, 0.4) is 0 Å². The molecule has 1 aliphatic heterocycles.